The predicted octanol–water partition coefficient (Wildman–Crippen LogP) is 4.02. The summed E-state index contributed by atoms with van der Waals surface area (Å²) in [5.41, 5.74) is 2.71. The van der Waals surface area contributed by atoms with E-state index in [0.29, 0.717) is 24.5 Å². The summed E-state index contributed by atoms with van der Waals surface area (Å²) in [4.78, 5) is 24.4. The summed E-state index contributed by atoms with van der Waals surface area (Å²) >= 11 is 0. The highest BCUT2D eigenvalue weighted by atomic mass is 16.5. The van der Waals surface area contributed by atoms with Gasteiger partial charge < -0.3 is 10.1 Å². The number of amides is 1. The van der Waals surface area contributed by atoms with Crippen molar-refractivity contribution in [2.24, 2.45) is 0 Å². The van der Waals surface area contributed by atoms with E-state index in [1.807, 2.05) is 55.5 Å². The van der Waals surface area contributed by atoms with E-state index >= 15 is 0 Å². The van der Waals surface area contributed by atoms with E-state index in [-0.39, 0.29) is 11.8 Å². The second-order valence-corrected chi connectivity index (χ2v) is 8.49. The van der Waals surface area contributed by atoms with Gasteiger partial charge in [0.2, 0.25) is 0 Å². The molecule has 1 aliphatic rings. The number of piperidine rings is 1. The number of carbonyl (C=O) groups excluding carboxylic acids is 1. The molecule has 1 fully saturated rings. The van der Waals surface area contributed by atoms with Gasteiger partial charge in [-0.3, -0.25) is 9.69 Å². The molecule has 6 nitrogen and oxygen atoms in total. The predicted molar refractivity (Wildman–Crippen MR) is 130 cm³/mol. The maximum Gasteiger partial charge on any atom is 0.254 e. The third-order valence-corrected chi connectivity index (χ3v) is 6.12. The van der Waals surface area contributed by atoms with Crippen LogP contribution in [0, 0.1) is 6.92 Å². The first kappa shape index (κ1) is 22.9. The zero-order valence-corrected chi connectivity index (χ0v) is 19.2. The average molecular weight is 445 g/mol. The minimum Gasteiger partial charge on any atom is -0.492 e. The largest absolute Gasteiger partial charge is 0.492 e. The van der Waals surface area contributed by atoms with Crippen LogP contribution in [0.1, 0.15) is 46.2 Å². The van der Waals surface area contributed by atoms with Crippen molar-refractivity contribution < 1.29 is 9.53 Å². The molecule has 3 aromatic rings. The summed E-state index contributed by atoms with van der Waals surface area (Å²) in [5.74, 6) is 1.81. The van der Waals surface area contributed by atoms with E-state index in [1.54, 1.807) is 6.20 Å². The third-order valence-electron chi connectivity index (χ3n) is 6.12. The van der Waals surface area contributed by atoms with E-state index in [0.717, 1.165) is 50.3 Å². The van der Waals surface area contributed by atoms with Gasteiger partial charge in [0.15, 0.2) is 0 Å². The van der Waals surface area contributed by atoms with Gasteiger partial charge in [-0.15, -0.1) is 0 Å². The molecule has 2 heterocycles. The molecule has 1 amide bonds. The van der Waals surface area contributed by atoms with Gasteiger partial charge >= 0.3 is 0 Å². The molecule has 4 rings (SSSR count). The summed E-state index contributed by atoms with van der Waals surface area (Å²) in [6.07, 6.45) is 4.45. The minimum atomic E-state index is -0.0837. The molecular weight excluding hydrogens is 412 g/mol. The lowest BCUT2D eigenvalue weighted by Gasteiger charge is -2.32. The first-order valence-electron chi connectivity index (χ1n) is 11.7. The molecule has 2 aromatic carbocycles. The topological polar surface area (TPSA) is 67.4 Å². The number of hydrogen-bond acceptors (Lipinski definition) is 5. The van der Waals surface area contributed by atoms with Crippen LogP contribution in [0.5, 0.6) is 5.75 Å². The number of ether oxygens (including phenoxy) is 1. The van der Waals surface area contributed by atoms with Crippen LogP contribution >= 0.6 is 0 Å². The van der Waals surface area contributed by atoms with E-state index in [9.17, 15) is 4.79 Å². The Bertz CT molecular complexity index is 1020. The van der Waals surface area contributed by atoms with Crippen molar-refractivity contribution in [1.29, 1.82) is 0 Å². The number of nitrogens with zero attached hydrogens (tertiary/aromatic N) is 3. The highest BCUT2D eigenvalue weighted by molar-refractivity contribution is 5.95. The zero-order chi connectivity index (χ0) is 22.9. The molecule has 6 heteroatoms. The van der Waals surface area contributed by atoms with Crippen molar-refractivity contribution in [2.45, 2.75) is 32.1 Å². The van der Waals surface area contributed by atoms with Crippen molar-refractivity contribution in [1.82, 2.24) is 20.2 Å². The highest BCUT2D eigenvalue weighted by Gasteiger charge is 2.26. The Morgan fingerprint density at radius 3 is 2.48 bits per heavy atom. The van der Waals surface area contributed by atoms with Gasteiger partial charge in [0, 0.05) is 25.2 Å². The normalized spacial score (nSPS) is 14.7. The Morgan fingerprint density at radius 2 is 1.76 bits per heavy atom. The molecule has 172 valence electrons. The number of rotatable bonds is 9. The monoisotopic (exact) mass is 444 g/mol. The maximum absolute atomic E-state index is 12.9. The first-order chi connectivity index (χ1) is 16.2. The lowest BCUT2D eigenvalue weighted by atomic mass is 9.90. The molecule has 0 saturated carbocycles. The van der Waals surface area contributed by atoms with Crippen LogP contribution in [0.15, 0.2) is 66.9 Å². The molecule has 0 aliphatic carbocycles. The van der Waals surface area contributed by atoms with E-state index in [2.05, 4.69) is 27.3 Å². The van der Waals surface area contributed by atoms with Crippen LogP contribution in [0.2, 0.25) is 0 Å². The summed E-state index contributed by atoms with van der Waals surface area (Å²) in [7, 11) is 0. The minimum absolute atomic E-state index is 0.0837. The number of aryl methyl sites for hydroxylation is 1. The maximum atomic E-state index is 12.9. The molecular formula is C27H32N4O2. The molecule has 0 unspecified atom stereocenters. The number of likely N-dealkylation sites (tertiary alicyclic amines) is 1. The van der Waals surface area contributed by atoms with Gasteiger partial charge in [-0.05, 0) is 57.0 Å². The molecule has 1 saturated heterocycles. The third kappa shape index (κ3) is 6.62. The molecule has 0 bridgehead atoms. The Kier molecular flexibility index (Phi) is 8.04. The zero-order valence-electron chi connectivity index (χ0n) is 19.2. The highest BCUT2D eigenvalue weighted by Crippen LogP contribution is 2.29. The molecule has 0 radical (unpaired) electrons. The Morgan fingerprint density at radius 1 is 1.06 bits per heavy atom. The second kappa shape index (κ2) is 11.6. The van der Waals surface area contributed by atoms with Crippen molar-refractivity contribution in [3.63, 3.8) is 0 Å². The summed E-state index contributed by atoms with van der Waals surface area (Å²) < 4.78 is 5.84. The fourth-order valence-electron chi connectivity index (χ4n) is 4.27. The van der Waals surface area contributed by atoms with E-state index in [1.165, 1.54) is 5.56 Å². The molecule has 1 N–H and O–H groups in total. The summed E-state index contributed by atoms with van der Waals surface area (Å²) in [5, 5.41) is 3.05. The standard InChI is InChI=1S/C27H32N4O2/c1-21-29-20-25(27(32)28-15-12-22-8-4-2-5-9-22)26(30-21)23-13-16-31(17-14-23)18-19-33-24-10-6-3-7-11-24/h2-11,20,23H,12-19H2,1H3,(H,28,32). The smallest absolute Gasteiger partial charge is 0.254 e. The van der Waals surface area contributed by atoms with Crippen molar-refractivity contribution >= 4 is 5.91 Å². The van der Waals surface area contributed by atoms with Crippen LogP contribution < -0.4 is 10.1 Å². The second-order valence-electron chi connectivity index (χ2n) is 8.49. The Labute approximate surface area is 196 Å². The van der Waals surface area contributed by atoms with Gasteiger partial charge in [-0.2, -0.15) is 0 Å². The lowest BCUT2D eigenvalue weighted by molar-refractivity contribution is 0.0950. The van der Waals surface area contributed by atoms with Crippen molar-refractivity contribution in [3.8, 4) is 5.75 Å². The molecule has 0 spiro atoms. The summed E-state index contributed by atoms with van der Waals surface area (Å²) in [6, 6.07) is 20.1. The fraction of sp³-hybridized carbons (Fsp3) is 0.370. The van der Waals surface area contributed by atoms with E-state index in [4.69, 9.17) is 9.72 Å². The van der Waals surface area contributed by atoms with Crippen LogP contribution in [0.3, 0.4) is 0 Å². The number of benzene rings is 2. The van der Waals surface area contributed by atoms with Gasteiger partial charge in [0.25, 0.3) is 5.91 Å². The lowest BCUT2D eigenvalue weighted by Crippen LogP contribution is -2.37. The Balaban J connectivity index is 1.29. The number of nitrogens with one attached hydrogen (secondary N) is 1. The molecule has 1 aromatic heterocycles. The average Bonchev–Trinajstić information content (AvgIpc) is 2.86. The van der Waals surface area contributed by atoms with E-state index < -0.39 is 0 Å². The van der Waals surface area contributed by atoms with Gasteiger partial charge in [0.1, 0.15) is 18.2 Å². The van der Waals surface area contributed by atoms with Crippen molar-refractivity contribution in [2.75, 3.05) is 32.8 Å². The number of aromatic nitrogens is 2. The van der Waals surface area contributed by atoms with Crippen LogP contribution in [0.25, 0.3) is 0 Å². The van der Waals surface area contributed by atoms with Crippen LogP contribution in [-0.4, -0.2) is 53.6 Å². The van der Waals surface area contributed by atoms with Crippen LogP contribution in [0.4, 0.5) is 0 Å². The molecule has 1 aliphatic heterocycles. The SMILES string of the molecule is Cc1ncc(C(=O)NCCc2ccccc2)c(C2CCN(CCOc3ccccc3)CC2)n1. The van der Waals surface area contributed by atoms with Crippen LogP contribution in [-0.2, 0) is 6.42 Å². The first-order valence-corrected chi connectivity index (χ1v) is 11.7. The molecule has 0 atom stereocenters. The van der Waals surface area contributed by atoms with Gasteiger partial charge in [-0.25, -0.2) is 9.97 Å². The number of hydrogen-bond donors (Lipinski definition) is 1. The quantitative estimate of drug-likeness (QED) is 0.540. The van der Waals surface area contributed by atoms with Gasteiger partial charge in [0.05, 0.1) is 11.3 Å². The molecule has 33 heavy (non-hydrogen) atoms. The van der Waals surface area contributed by atoms with Gasteiger partial charge in [-0.1, -0.05) is 48.5 Å². The van der Waals surface area contributed by atoms with Crippen molar-refractivity contribution in [3.05, 3.63) is 89.5 Å². The Hall–Kier alpha value is -3.25. The number of carbonyl (C=O) groups is 1. The fourth-order valence-corrected chi connectivity index (χ4v) is 4.27. The summed E-state index contributed by atoms with van der Waals surface area (Å²) in [6.45, 7) is 6.00. The number of para-hydroxylation sites is 1.